The molecule has 0 bridgehead atoms. The second-order valence-electron chi connectivity index (χ2n) is 6.42. The predicted octanol–water partition coefficient (Wildman–Crippen LogP) is 0.587. The Hall–Kier alpha value is -0.650. The summed E-state index contributed by atoms with van der Waals surface area (Å²) in [6, 6.07) is 0.191. The monoisotopic (exact) mass is 283 g/mol. The molecule has 0 aromatic rings. The lowest BCUT2D eigenvalue weighted by Crippen LogP contribution is -2.52. The summed E-state index contributed by atoms with van der Waals surface area (Å²) in [5.41, 5.74) is 6.14. The van der Waals surface area contributed by atoms with Gasteiger partial charge in [-0.2, -0.15) is 0 Å². The Balaban J connectivity index is 1.80. The average Bonchev–Trinajstić information content (AvgIpc) is 2.39. The molecule has 1 aliphatic carbocycles. The molecule has 0 spiro atoms. The average molecular weight is 283 g/mol. The third kappa shape index (κ3) is 4.17. The fourth-order valence-corrected chi connectivity index (χ4v) is 3.47. The molecule has 5 heteroatoms. The van der Waals surface area contributed by atoms with Crippen molar-refractivity contribution < 1.29 is 9.53 Å². The first kappa shape index (κ1) is 15.7. The number of amides is 1. The van der Waals surface area contributed by atoms with Crippen molar-refractivity contribution in [1.29, 1.82) is 0 Å². The van der Waals surface area contributed by atoms with Gasteiger partial charge in [0.15, 0.2) is 0 Å². The van der Waals surface area contributed by atoms with Gasteiger partial charge in [0.1, 0.15) is 0 Å². The number of nitrogens with one attached hydrogen (secondary N) is 1. The number of carbonyl (C=O) groups excluding carboxylic acids is 1. The molecule has 0 aromatic heterocycles. The number of hydrogen-bond acceptors (Lipinski definition) is 4. The lowest BCUT2D eigenvalue weighted by molar-refractivity contribution is -0.129. The Labute approximate surface area is 122 Å². The molecule has 1 heterocycles. The van der Waals surface area contributed by atoms with Crippen LogP contribution in [0, 0.1) is 11.8 Å². The van der Waals surface area contributed by atoms with Crippen LogP contribution < -0.4 is 11.1 Å². The van der Waals surface area contributed by atoms with Gasteiger partial charge < -0.3 is 15.8 Å². The number of rotatable bonds is 4. The molecule has 116 valence electrons. The molecule has 2 aliphatic rings. The zero-order valence-electron chi connectivity index (χ0n) is 12.8. The topological polar surface area (TPSA) is 67.6 Å². The summed E-state index contributed by atoms with van der Waals surface area (Å²) < 4.78 is 5.34. The molecule has 1 amide bonds. The molecule has 5 nitrogen and oxygen atoms in total. The van der Waals surface area contributed by atoms with Gasteiger partial charge in [-0.3, -0.25) is 9.69 Å². The zero-order chi connectivity index (χ0) is 14.5. The summed E-state index contributed by atoms with van der Waals surface area (Å²) in [4.78, 5) is 14.8. The van der Waals surface area contributed by atoms with E-state index in [1.165, 1.54) is 0 Å². The van der Waals surface area contributed by atoms with Crippen LogP contribution in [-0.4, -0.2) is 55.7 Å². The minimum Gasteiger partial charge on any atom is -0.379 e. The number of nitrogens with two attached hydrogens (primary N) is 1. The van der Waals surface area contributed by atoms with E-state index in [-0.39, 0.29) is 23.9 Å². The highest BCUT2D eigenvalue weighted by Crippen LogP contribution is 2.29. The summed E-state index contributed by atoms with van der Waals surface area (Å²) in [6.45, 7) is 8.63. The largest absolute Gasteiger partial charge is 0.379 e. The summed E-state index contributed by atoms with van der Waals surface area (Å²) in [5, 5.41) is 3.16. The fourth-order valence-electron chi connectivity index (χ4n) is 3.47. The van der Waals surface area contributed by atoms with Crippen LogP contribution in [0.15, 0.2) is 0 Å². The molecule has 3 N–H and O–H groups in total. The molecule has 0 radical (unpaired) electrons. The third-order valence-electron chi connectivity index (χ3n) is 4.60. The minimum atomic E-state index is -0.0177. The maximum Gasteiger partial charge on any atom is 0.225 e. The smallest absolute Gasteiger partial charge is 0.225 e. The van der Waals surface area contributed by atoms with Crippen molar-refractivity contribution in [3.8, 4) is 0 Å². The van der Waals surface area contributed by atoms with Crippen molar-refractivity contribution in [3.63, 3.8) is 0 Å². The van der Waals surface area contributed by atoms with Crippen LogP contribution >= 0.6 is 0 Å². The Morgan fingerprint density at radius 1 is 1.40 bits per heavy atom. The normalized spacial score (nSPS) is 33.6. The molecule has 20 heavy (non-hydrogen) atoms. The maximum absolute atomic E-state index is 12.4. The van der Waals surface area contributed by atoms with Crippen molar-refractivity contribution in [2.45, 2.75) is 45.2 Å². The van der Waals surface area contributed by atoms with E-state index < -0.39 is 0 Å². The highest BCUT2D eigenvalue weighted by atomic mass is 16.5. The SMILES string of the molecule is CC(CN1CCOCC1)NC(=O)C1C(C)CCCC1N. The highest BCUT2D eigenvalue weighted by Gasteiger charge is 2.34. The molecule has 4 atom stereocenters. The highest BCUT2D eigenvalue weighted by molar-refractivity contribution is 5.80. The van der Waals surface area contributed by atoms with E-state index in [4.69, 9.17) is 10.5 Å². The minimum absolute atomic E-state index is 0.0177. The molecule has 2 fully saturated rings. The molecule has 4 unspecified atom stereocenters. The second kappa shape index (κ2) is 7.38. The molecule has 1 aliphatic heterocycles. The molecular weight excluding hydrogens is 254 g/mol. The van der Waals surface area contributed by atoms with Gasteiger partial charge in [0.2, 0.25) is 5.91 Å². The molecule has 1 saturated carbocycles. The first-order valence-electron chi connectivity index (χ1n) is 7.94. The van der Waals surface area contributed by atoms with Gasteiger partial charge in [-0.05, 0) is 25.7 Å². The van der Waals surface area contributed by atoms with Crippen LogP contribution in [0.4, 0.5) is 0 Å². The van der Waals surface area contributed by atoms with Gasteiger partial charge in [-0.1, -0.05) is 13.3 Å². The standard InChI is InChI=1S/C15H29N3O2/c1-11-4-3-5-13(16)14(11)15(19)17-12(2)10-18-6-8-20-9-7-18/h11-14H,3-10,16H2,1-2H3,(H,17,19). The van der Waals surface area contributed by atoms with Gasteiger partial charge in [0.25, 0.3) is 0 Å². The fraction of sp³-hybridized carbons (Fsp3) is 0.933. The number of hydrogen-bond donors (Lipinski definition) is 2. The van der Waals surface area contributed by atoms with Crippen LogP contribution in [-0.2, 0) is 9.53 Å². The lowest BCUT2D eigenvalue weighted by Gasteiger charge is -2.35. The summed E-state index contributed by atoms with van der Waals surface area (Å²) >= 11 is 0. The summed E-state index contributed by atoms with van der Waals surface area (Å²) in [5.74, 6) is 0.524. The van der Waals surface area contributed by atoms with Crippen molar-refractivity contribution >= 4 is 5.91 Å². The van der Waals surface area contributed by atoms with Gasteiger partial charge in [0.05, 0.1) is 19.1 Å². The Morgan fingerprint density at radius 2 is 2.10 bits per heavy atom. The first-order valence-corrected chi connectivity index (χ1v) is 7.94. The van der Waals surface area contributed by atoms with Crippen LogP contribution in [0.3, 0.4) is 0 Å². The van der Waals surface area contributed by atoms with Crippen LogP contribution in [0.5, 0.6) is 0 Å². The van der Waals surface area contributed by atoms with Gasteiger partial charge in [0, 0.05) is 31.7 Å². The Morgan fingerprint density at radius 3 is 2.75 bits per heavy atom. The van der Waals surface area contributed by atoms with E-state index in [0.29, 0.717) is 5.92 Å². The summed E-state index contributed by atoms with van der Waals surface area (Å²) in [6.07, 6.45) is 3.24. The van der Waals surface area contributed by atoms with Gasteiger partial charge >= 0.3 is 0 Å². The molecular formula is C15H29N3O2. The molecule has 1 saturated heterocycles. The molecule has 2 rings (SSSR count). The van der Waals surface area contributed by atoms with Gasteiger partial charge in [-0.15, -0.1) is 0 Å². The quantitative estimate of drug-likeness (QED) is 0.792. The van der Waals surface area contributed by atoms with E-state index in [0.717, 1.165) is 52.1 Å². The number of nitrogens with zero attached hydrogens (tertiary/aromatic N) is 1. The zero-order valence-corrected chi connectivity index (χ0v) is 12.8. The van der Waals surface area contributed by atoms with Crippen LogP contribution in [0.2, 0.25) is 0 Å². The second-order valence-corrected chi connectivity index (χ2v) is 6.42. The first-order chi connectivity index (χ1) is 9.58. The number of carbonyl (C=O) groups is 1. The van der Waals surface area contributed by atoms with Crippen molar-refractivity contribution in [2.24, 2.45) is 17.6 Å². The van der Waals surface area contributed by atoms with E-state index >= 15 is 0 Å². The Kier molecular flexibility index (Phi) is 5.81. The van der Waals surface area contributed by atoms with E-state index in [1.807, 2.05) is 0 Å². The van der Waals surface area contributed by atoms with E-state index in [2.05, 4.69) is 24.1 Å². The lowest BCUT2D eigenvalue weighted by atomic mass is 9.76. The Bertz CT molecular complexity index is 308. The van der Waals surface area contributed by atoms with Crippen molar-refractivity contribution in [2.75, 3.05) is 32.8 Å². The maximum atomic E-state index is 12.4. The number of ether oxygens (including phenoxy) is 1. The third-order valence-corrected chi connectivity index (χ3v) is 4.60. The van der Waals surface area contributed by atoms with E-state index in [9.17, 15) is 4.79 Å². The van der Waals surface area contributed by atoms with Crippen molar-refractivity contribution in [1.82, 2.24) is 10.2 Å². The van der Waals surface area contributed by atoms with Gasteiger partial charge in [-0.25, -0.2) is 0 Å². The summed E-state index contributed by atoms with van der Waals surface area (Å²) in [7, 11) is 0. The number of morpholine rings is 1. The van der Waals surface area contributed by atoms with Crippen LogP contribution in [0.1, 0.15) is 33.1 Å². The molecule has 0 aromatic carbocycles. The predicted molar refractivity (Wildman–Crippen MR) is 79.3 cm³/mol. The van der Waals surface area contributed by atoms with E-state index in [1.54, 1.807) is 0 Å². The van der Waals surface area contributed by atoms with Crippen LogP contribution in [0.25, 0.3) is 0 Å². The van der Waals surface area contributed by atoms with Crippen molar-refractivity contribution in [3.05, 3.63) is 0 Å².